The molecule has 0 aliphatic heterocycles. The molecule has 0 aliphatic carbocycles. The molecule has 1 heterocycles. The summed E-state index contributed by atoms with van der Waals surface area (Å²) in [5.74, 6) is 0.798. The lowest BCUT2D eigenvalue weighted by atomic mass is 10.0. The van der Waals surface area contributed by atoms with E-state index in [4.69, 9.17) is 4.74 Å². The maximum atomic E-state index is 13.5. The molecule has 4 nitrogen and oxygen atoms in total. The number of hydrogen-bond donors (Lipinski definition) is 0. The van der Waals surface area contributed by atoms with Crippen molar-refractivity contribution >= 4 is 16.8 Å². The van der Waals surface area contributed by atoms with Gasteiger partial charge in [-0.3, -0.25) is 14.3 Å². The summed E-state index contributed by atoms with van der Waals surface area (Å²) in [7, 11) is 1.68. The van der Waals surface area contributed by atoms with Gasteiger partial charge in [0.1, 0.15) is 5.75 Å². The molecule has 4 aromatic rings. The highest BCUT2D eigenvalue weighted by molar-refractivity contribution is 6.04. The van der Waals surface area contributed by atoms with Crippen molar-refractivity contribution in [3.8, 4) is 5.75 Å². The molecule has 0 atom stereocenters. The van der Waals surface area contributed by atoms with E-state index in [0.717, 1.165) is 41.9 Å². The molecule has 0 saturated carbocycles. The lowest BCUT2D eigenvalue weighted by Gasteiger charge is -2.36. The molecule has 0 amide bonds. The second kappa shape index (κ2) is 9.86. The van der Waals surface area contributed by atoms with Crippen LogP contribution in [0, 0.1) is 6.92 Å². The maximum absolute atomic E-state index is 13.5. The number of carbonyl (C=O) groups is 1. The van der Waals surface area contributed by atoms with E-state index >= 15 is 0 Å². The molecule has 0 N–H and O–H groups in total. The van der Waals surface area contributed by atoms with Gasteiger partial charge in [-0.1, -0.05) is 48.5 Å². The Morgan fingerprint density at radius 3 is 2.21 bits per heavy atom. The summed E-state index contributed by atoms with van der Waals surface area (Å²) in [6.07, 6.45) is 0.842. The third kappa shape index (κ3) is 4.92. The number of benzene rings is 3. The van der Waals surface area contributed by atoms with Gasteiger partial charge in [-0.2, -0.15) is 0 Å². The first-order valence-corrected chi connectivity index (χ1v) is 11.9. The molecule has 0 saturated heterocycles. The molecule has 3 aromatic carbocycles. The van der Waals surface area contributed by atoms with Gasteiger partial charge in [-0.25, -0.2) is 0 Å². The zero-order chi connectivity index (χ0) is 24.3. The number of methoxy groups -OCH3 is 1. The van der Waals surface area contributed by atoms with E-state index in [2.05, 4.69) is 69.0 Å². The van der Waals surface area contributed by atoms with E-state index in [1.165, 1.54) is 11.1 Å². The molecule has 0 fully saturated rings. The standard InChI is InChI=1S/C30H34N2O2/c1-22-26(18-19-31(30(2,3)4)21-23-12-8-6-9-13-23)27-20-25(34-5)16-17-28(27)32(22)29(33)24-14-10-7-11-15-24/h6-17,20H,18-19,21H2,1-5H3. The summed E-state index contributed by atoms with van der Waals surface area (Å²) in [6.45, 7) is 10.6. The van der Waals surface area contributed by atoms with Crippen LogP contribution < -0.4 is 4.74 Å². The fraction of sp³-hybridized carbons (Fsp3) is 0.300. The van der Waals surface area contributed by atoms with Gasteiger partial charge in [-0.05, 0) is 75.6 Å². The number of fused-ring (bicyclic) bond motifs is 1. The monoisotopic (exact) mass is 454 g/mol. The third-order valence-corrected chi connectivity index (χ3v) is 6.56. The van der Waals surface area contributed by atoms with Crippen LogP contribution >= 0.6 is 0 Å². The Bertz CT molecular complexity index is 1270. The van der Waals surface area contributed by atoms with E-state index in [1.807, 2.05) is 47.0 Å². The van der Waals surface area contributed by atoms with E-state index in [1.54, 1.807) is 7.11 Å². The number of rotatable bonds is 7. The summed E-state index contributed by atoms with van der Waals surface area (Å²) in [6, 6.07) is 26.1. The average molecular weight is 455 g/mol. The summed E-state index contributed by atoms with van der Waals surface area (Å²) in [4.78, 5) is 16.0. The molecule has 34 heavy (non-hydrogen) atoms. The van der Waals surface area contributed by atoms with Gasteiger partial charge >= 0.3 is 0 Å². The van der Waals surface area contributed by atoms with Gasteiger partial charge in [0.15, 0.2) is 0 Å². The van der Waals surface area contributed by atoms with Crippen LogP contribution in [0.2, 0.25) is 0 Å². The molecular formula is C30H34N2O2. The van der Waals surface area contributed by atoms with Crippen LogP contribution in [-0.2, 0) is 13.0 Å². The quantitative estimate of drug-likeness (QED) is 0.320. The van der Waals surface area contributed by atoms with Gasteiger partial charge < -0.3 is 4.74 Å². The minimum atomic E-state index is -0.00326. The lowest BCUT2D eigenvalue weighted by molar-refractivity contribution is 0.0962. The molecule has 4 heteroatoms. The summed E-state index contributed by atoms with van der Waals surface area (Å²) in [5, 5.41) is 1.08. The van der Waals surface area contributed by atoms with Crippen LogP contribution in [0.4, 0.5) is 0 Å². The maximum Gasteiger partial charge on any atom is 0.262 e. The molecule has 0 radical (unpaired) electrons. The van der Waals surface area contributed by atoms with Crippen molar-refractivity contribution in [2.45, 2.75) is 46.2 Å². The van der Waals surface area contributed by atoms with Crippen LogP contribution in [0.3, 0.4) is 0 Å². The van der Waals surface area contributed by atoms with Crippen molar-refractivity contribution in [3.05, 3.63) is 101 Å². The first-order chi connectivity index (χ1) is 16.3. The number of aromatic nitrogens is 1. The third-order valence-electron chi connectivity index (χ3n) is 6.56. The van der Waals surface area contributed by atoms with Crippen molar-refractivity contribution < 1.29 is 9.53 Å². The van der Waals surface area contributed by atoms with Gasteiger partial charge in [0, 0.05) is 35.3 Å². The van der Waals surface area contributed by atoms with Crippen molar-refractivity contribution in [2.24, 2.45) is 0 Å². The van der Waals surface area contributed by atoms with Gasteiger partial charge in [0.25, 0.3) is 5.91 Å². The van der Waals surface area contributed by atoms with Gasteiger partial charge in [0.05, 0.1) is 12.6 Å². The molecule has 0 spiro atoms. The Morgan fingerprint density at radius 2 is 1.59 bits per heavy atom. The number of carbonyl (C=O) groups excluding carboxylic acids is 1. The molecule has 0 unspecified atom stereocenters. The van der Waals surface area contributed by atoms with E-state index in [0.29, 0.717) is 5.56 Å². The first-order valence-electron chi connectivity index (χ1n) is 11.9. The van der Waals surface area contributed by atoms with Crippen molar-refractivity contribution in [2.75, 3.05) is 13.7 Å². The number of ether oxygens (including phenoxy) is 1. The fourth-order valence-electron chi connectivity index (χ4n) is 4.58. The Morgan fingerprint density at radius 1 is 0.941 bits per heavy atom. The Labute approximate surface area is 202 Å². The van der Waals surface area contributed by atoms with E-state index in [-0.39, 0.29) is 11.4 Å². The minimum Gasteiger partial charge on any atom is -0.497 e. The molecule has 4 rings (SSSR count). The van der Waals surface area contributed by atoms with Crippen LogP contribution in [0.5, 0.6) is 5.75 Å². The summed E-state index contributed by atoms with van der Waals surface area (Å²) >= 11 is 0. The van der Waals surface area contributed by atoms with Crippen LogP contribution in [-0.4, -0.2) is 34.6 Å². The summed E-state index contributed by atoms with van der Waals surface area (Å²) < 4.78 is 7.38. The van der Waals surface area contributed by atoms with Crippen LogP contribution in [0.1, 0.15) is 48.0 Å². The SMILES string of the molecule is COc1ccc2c(c1)c(CCN(Cc1ccccc1)C(C)(C)C)c(C)n2C(=O)c1ccccc1. The van der Waals surface area contributed by atoms with Crippen LogP contribution in [0.25, 0.3) is 10.9 Å². The highest BCUT2D eigenvalue weighted by Gasteiger charge is 2.24. The Hall–Kier alpha value is -3.37. The van der Waals surface area contributed by atoms with Gasteiger partial charge in [0.2, 0.25) is 0 Å². The largest absolute Gasteiger partial charge is 0.497 e. The molecule has 1 aromatic heterocycles. The van der Waals surface area contributed by atoms with E-state index < -0.39 is 0 Å². The van der Waals surface area contributed by atoms with E-state index in [9.17, 15) is 4.79 Å². The first kappa shape index (κ1) is 23.8. The normalized spacial score (nSPS) is 11.8. The highest BCUT2D eigenvalue weighted by atomic mass is 16.5. The molecule has 176 valence electrons. The predicted octanol–water partition coefficient (Wildman–Crippen LogP) is 6.49. The average Bonchev–Trinajstić information content (AvgIpc) is 3.12. The van der Waals surface area contributed by atoms with Gasteiger partial charge in [-0.15, -0.1) is 0 Å². The zero-order valence-electron chi connectivity index (χ0n) is 20.8. The Kier molecular flexibility index (Phi) is 6.90. The molecule has 0 aliphatic rings. The minimum absolute atomic E-state index is 0.00326. The second-order valence-electron chi connectivity index (χ2n) is 9.78. The van der Waals surface area contributed by atoms with Crippen molar-refractivity contribution in [1.29, 1.82) is 0 Å². The van der Waals surface area contributed by atoms with Crippen LogP contribution in [0.15, 0.2) is 78.9 Å². The summed E-state index contributed by atoms with van der Waals surface area (Å²) in [5.41, 5.74) is 5.11. The fourth-order valence-corrected chi connectivity index (χ4v) is 4.58. The van der Waals surface area contributed by atoms with Crippen molar-refractivity contribution in [1.82, 2.24) is 9.47 Å². The van der Waals surface area contributed by atoms with Crippen molar-refractivity contribution in [3.63, 3.8) is 0 Å². The topological polar surface area (TPSA) is 34.5 Å². The number of nitrogens with zero attached hydrogens (tertiary/aromatic N) is 2. The predicted molar refractivity (Wildman–Crippen MR) is 140 cm³/mol. The lowest BCUT2D eigenvalue weighted by Crippen LogP contribution is -2.42. The Balaban J connectivity index is 1.72. The molecule has 0 bridgehead atoms. The molecular weight excluding hydrogens is 420 g/mol. The highest BCUT2D eigenvalue weighted by Crippen LogP contribution is 2.31. The smallest absolute Gasteiger partial charge is 0.262 e. The zero-order valence-corrected chi connectivity index (χ0v) is 20.8. The second-order valence-corrected chi connectivity index (χ2v) is 9.78. The number of hydrogen-bond acceptors (Lipinski definition) is 3.